The number of nitrogens with one attached hydrogen (secondary N) is 1. The number of methoxy groups -OCH3 is 1. The van der Waals surface area contributed by atoms with E-state index in [2.05, 4.69) is 16.9 Å². The average Bonchev–Trinajstić information content (AvgIpc) is 3.30. The molecule has 1 aromatic carbocycles. The third-order valence-electron chi connectivity index (χ3n) is 6.31. The minimum absolute atomic E-state index is 0.0631. The molecule has 0 radical (unpaired) electrons. The Balaban J connectivity index is 1.49. The Hall–Kier alpha value is -2.87. The number of pyridine rings is 1. The van der Waals surface area contributed by atoms with Crippen molar-refractivity contribution >= 4 is 34.2 Å². The van der Waals surface area contributed by atoms with E-state index in [0.29, 0.717) is 48.8 Å². The van der Waals surface area contributed by atoms with E-state index >= 15 is 0 Å². The first-order chi connectivity index (χ1) is 16.4. The molecule has 0 spiro atoms. The summed E-state index contributed by atoms with van der Waals surface area (Å²) in [7, 11) is 1.47. The van der Waals surface area contributed by atoms with Gasteiger partial charge in [-0.15, -0.1) is 0 Å². The van der Waals surface area contributed by atoms with Gasteiger partial charge in [-0.2, -0.15) is 0 Å². The highest BCUT2D eigenvalue weighted by Gasteiger charge is 2.26. The molecule has 0 unspecified atom stereocenters. The van der Waals surface area contributed by atoms with Crippen LogP contribution >= 0.6 is 11.6 Å². The summed E-state index contributed by atoms with van der Waals surface area (Å²) in [5.41, 5.74) is 1.57. The Labute approximate surface area is 202 Å². The molecule has 9 heteroatoms. The molecule has 34 heavy (non-hydrogen) atoms. The number of anilines is 1. The predicted octanol–water partition coefficient (Wildman–Crippen LogP) is 5.59. The Morgan fingerprint density at radius 2 is 1.91 bits per heavy atom. The number of benzene rings is 1. The number of ether oxygens (including phenoxy) is 1. The van der Waals surface area contributed by atoms with Crippen molar-refractivity contribution in [2.45, 2.75) is 39.0 Å². The molecule has 1 fully saturated rings. The number of carbonyl (C=O) groups excluding carboxylic acids is 1. The zero-order valence-corrected chi connectivity index (χ0v) is 20.2. The summed E-state index contributed by atoms with van der Waals surface area (Å²) in [6.45, 7) is 4.09. The molecule has 4 rings (SSSR count). The summed E-state index contributed by atoms with van der Waals surface area (Å²) in [6.07, 6.45) is 6.32. The van der Waals surface area contributed by atoms with Crippen LogP contribution in [0.15, 0.2) is 24.4 Å². The summed E-state index contributed by atoms with van der Waals surface area (Å²) >= 11 is 6.14. The number of amides is 1. The van der Waals surface area contributed by atoms with Crippen LogP contribution < -0.4 is 9.64 Å². The minimum atomic E-state index is -0.535. The number of piperazine rings is 1. The second kappa shape index (κ2) is 10.6. The number of H-pyrrole nitrogens is 1. The van der Waals surface area contributed by atoms with Crippen molar-refractivity contribution in [2.24, 2.45) is 0 Å². The van der Waals surface area contributed by atoms with Crippen LogP contribution in [0, 0.1) is 11.6 Å². The van der Waals surface area contributed by atoms with E-state index in [0.717, 1.165) is 43.9 Å². The van der Waals surface area contributed by atoms with Crippen molar-refractivity contribution < 1.29 is 18.3 Å². The van der Waals surface area contributed by atoms with E-state index in [1.165, 1.54) is 13.2 Å². The highest BCUT2D eigenvalue weighted by molar-refractivity contribution is 6.31. The van der Waals surface area contributed by atoms with Gasteiger partial charge >= 0.3 is 0 Å². The molecular weight excluding hydrogens is 462 g/mol. The van der Waals surface area contributed by atoms with Gasteiger partial charge in [0.15, 0.2) is 17.4 Å². The van der Waals surface area contributed by atoms with Gasteiger partial charge in [-0.05, 0) is 30.5 Å². The first-order valence-corrected chi connectivity index (χ1v) is 12.0. The van der Waals surface area contributed by atoms with E-state index in [9.17, 15) is 13.6 Å². The maximum absolute atomic E-state index is 14.7. The fraction of sp³-hybridized carbons (Fsp3) is 0.440. The SMILES string of the molecule is CCCCCCc1cc(Cl)c(F)c2[nH]c(C(=O)N3CCN(c4ncc(F)cc4OC)CC3)cc12. The number of fused-ring (bicyclic) bond motifs is 1. The molecule has 3 heterocycles. The van der Waals surface area contributed by atoms with Crippen molar-refractivity contribution in [1.29, 1.82) is 0 Å². The van der Waals surface area contributed by atoms with Crippen molar-refractivity contribution in [2.75, 3.05) is 38.2 Å². The highest BCUT2D eigenvalue weighted by atomic mass is 35.5. The number of halogens is 3. The first-order valence-electron chi connectivity index (χ1n) is 11.7. The van der Waals surface area contributed by atoms with E-state index in [-0.39, 0.29) is 16.4 Å². The number of aromatic amines is 1. The van der Waals surface area contributed by atoms with E-state index in [4.69, 9.17) is 16.3 Å². The summed E-state index contributed by atoms with van der Waals surface area (Å²) < 4.78 is 33.5. The largest absolute Gasteiger partial charge is 0.493 e. The Kier molecular flexibility index (Phi) is 7.56. The van der Waals surface area contributed by atoms with E-state index < -0.39 is 11.6 Å². The van der Waals surface area contributed by atoms with Crippen LogP contribution in [-0.4, -0.2) is 54.1 Å². The lowest BCUT2D eigenvalue weighted by Gasteiger charge is -2.35. The van der Waals surface area contributed by atoms with Gasteiger partial charge in [-0.25, -0.2) is 13.8 Å². The zero-order valence-electron chi connectivity index (χ0n) is 19.5. The molecule has 182 valence electrons. The summed E-state index contributed by atoms with van der Waals surface area (Å²) in [5, 5.41) is 0.772. The van der Waals surface area contributed by atoms with Crippen LogP contribution in [0.4, 0.5) is 14.6 Å². The predicted molar refractivity (Wildman–Crippen MR) is 130 cm³/mol. The van der Waals surface area contributed by atoms with Crippen LogP contribution in [0.2, 0.25) is 5.02 Å². The number of rotatable bonds is 8. The molecule has 1 aliphatic heterocycles. The normalized spacial score (nSPS) is 14.1. The first kappa shape index (κ1) is 24.3. The van der Waals surface area contributed by atoms with Crippen LogP contribution in [0.25, 0.3) is 10.9 Å². The molecule has 0 aliphatic carbocycles. The Morgan fingerprint density at radius 1 is 1.15 bits per heavy atom. The van der Waals surface area contributed by atoms with Gasteiger partial charge in [-0.3, -0.25) is 4.79 Å². The smallest absolute Gasteiger partial charge is 0.270 e. The number of hydrogen-bond donors (Lipinski definition) is 1. The second-order valence-electron chi connectivity index (χ2n) is 8.57. The standard InChI is InChI=1S/C25H29ClF2N4O2/c1-3-4-5-6-7-16-12-19(26)22(28)23-18(16)14-20(30-23)25(33)32-10-8-31(9-11-32)24-21(34-2)13-17(27)15-29-24/h12-15,30H,3-11H2,1-2H3. The van der Waals surface area contributed by atoms with Crippen LogP contribution in [0.5, 0.6) is 5.75 Å². The zero-order chi connectivity index (χ0) is 24.2. The molecule has 1 aliphatic rings. The number of unbranched alkanes of at least 4 members (excludes halogenated alkanes) is 3. The lowest BCUT2D eigenvalue weighted by molar-refractivity contribution is 0.0741. The number of carbonyl (C=O) groups is 1. The minimum Gasteiger partial charge on any atom is -0.493 e. The van der Waals surface area contributed by atoms with Gasteiger partial charge in [0.1, 0.15) is 11.5 Å². The van der Waals surface area contributed by atoms with Crippen molar-refractivity contribution in [3.8, 4) is 5.75 Å². The molecule has 3 aromatic rings. The fourth-order valence-corrected chi connectivity index (χ4v) is 4.68. The van der Waals surface area contributed by atoms with Gasteiger partial charge in [-0.1, -0.05) is 37.8 Å². The number of aryl methyl sites for hydroxylation is 1. The average molecular weight is 491 g/mol. The molecule has 1 amide bonds. The summed E-state index contributed by atoms with van der Waals surface area (Å²) in [4.78, 5) is 24.0. The van der Waals surface area contributed by atoms with Gasteiger partial charge < -0.3 is 19.5 Å². The van der Waals surface area contributed by atoms with Crippen molar-refractivity contribution in [1.82, 2.24) is 14.9 Å². The third-order valence-corrected chi connectivity index (χ3v) is 6.58. The van der Waals surface area contributed by atoms with Crippen LogP contribution in [0.1, 0.15) is 48.7 Å². The summed E-state index contributed by atoms with van der Waals surface area (Å²) in [6, 6.07) is 4.71. The molecule has 2 aromatic heterocycles. The van der Waals surface area contributed by atoms with Crippen molar-refractivity contribution in [3.63, 3.8) is 0 Å². The van der Waals surface area contributed by atoms with Gasteiger partial charge in [0, 0.05) is 37.6 Å². The molecular formula is C25H29ClF2N4O2. The number of nitrogens with zero attached hydrogens (tertiary/aromatic N) is 3. The molecule has 0 saturated carbocycles. The highest BCUT2D eigenvalue weighted by Crippen LogP contribution is 2.31. The molecule has 0 bridgehead atoms. The third kappa shape index (κ3) is 4.97. The van der Waals surface area contributed by atoms with Gasteiger partial charge in [0.05, 0.1) is 23.8 Å². The fourth-order valence-electron chi connectivity index (χ4n) is 4.45. The molecule has 1 N–H and O–H groups in total. The summed E-state index contributed by atoms with van der Waals surface area (Å²) in [5.74, 6) is -0.291. The van der Waals surface area contributed by atoms with E-state index in [1.807, 2.05) is 4.90 Å². The van der Waals surface area contributed by atoms with Gasteiger partial charge in [0.25, 0.3) is 5.91 Å². The molecule has 1 saturated heterocycles. The lowest BCUT2D eigenvalue weighted by atomic mass is 10.0. The van der Waals surface area contributed by atoms with Crippen LogP contribution in [0.3, 0.4) is 0 Å². The monoisotopic (exact) mass is 490 g/mol. The maximum Gasteiger partial charge on any atom is 0.270 e. The molecule has 0 atom stereocenters. The van der Waals surface area contributed by atoms with E-state index in [1.54, 1.807) is 17.0 Å². The lowest BCUT2D eigenvalue weighted by Crippen LogP contribution is -2.49. The number of aromatic nitrogens is 2. The maximum atomic E-state index is 14.7. The quantitative estimate of drug-likeness (QED) is 0.418. The van der Waals surface area contributed by atoms with Crippen LogP contribution in [-0.2, 0) is 6.42 Å². The Morgan fingerprint density at radius 3 is 2.62 bits per heavy atom. The number of hydrogen-bond acceptors (Lipinski definition) is 4. The molecule has 6 nitrogen and oxygen atoms in total. The van der Waals surface area contributed by atoms with Crippen molar-refractivity contribution in [3.05, 3.63) is 52.3 Å². The Bertz CT molecular complexity index is 1180. The second-order valence-corrected chi connectivity index (χ2v) is 8.98. The van der Waals surface area contributed by atoms with Gasteiger partial charge in [0.2, 0.25) is 0 Å². The topological polar surface area (TPSA) is 61.5 Å².